The Hall–Kier alpha value is -2.33. The van der Waals surface area contributed by atoms with Gasteiger partial charge in [0.2, 0.25) is 5.91 Å². The van der Waals surface area contributed by atoms with Crippen LogP contribution in [0.3, 0.4) is 0 Å². The van der Waals surface area contributed by atoms with Gasteiger partial charge in [0.05, 0.1) is 0 Å². The standard InChI is InChI=1S/C22H29N3O/c1-18-5-3-7-20(15-18)17-23-10-9-22(26)25-13-11-24(12-14-25)21-8-4-6-19(2)16-21/h3-8,15-16,23H,9-14,17H2,1-2H3. The van der Waals surface area contributed by atoms with Gasteiger partial charge in [-0.05, 0) is 37.1 Å². The number of hydrogen-bond acceptors (Lipinski definition) is 3. The van der Waals surface area contributed by atoms with Crippen molar-refractivity contribution in [3.8, 4) is 0 Å². The summed E-state index contributed by atoms with van der Waals surface area (Å²) in [7, 11) is 0. The van der Waals surface area contributed by atoms with Gasteiger partial charge in [0.25, 0.3) is 0 Å². The number of nitrogens with zero attached hydrogens (tertiary/aromatic N) is 2. The van der Waals surface area contributed by atoms with E-state index in [-0.39, 0.29) is 5.91 Å². The molecule has 4 nitrogen and oxygen atoms in total. The highest BCUT2D eigenvalue weighted by atomic mass is 16.2. The Balaban J connectivity index is 1.38. The second kappa shape index (κ2) is 8.86. The normalized spacial score (nSPS) is 14.5. The number of amides is 1. The fourth-order valence-corrected chi connectivity index (χ4v) is 3.45. The Labute approximate surface area is 156 Å². The predicted octanol–water partition coefficient (Wildman–Crippen LogP) is 3.13. The van der Waals surface area contributed by atoms with Crippen LogP contribution in [0.25, 0.3) is 0 Å². The summed E-state index contributed by atoms with van der Waals surface area (Å²) in [6.45, 7) is 9.20. The number of nitrogens with one attached hydrogen (secondary N) is 1. The second-order valence-corrected chi connectivity index (χ2v) is 7.12. The Morgan fingerprint density at radius 3 is 2.35 bits per heavy atom. The highest BCUT2D eigenvalue weighted by Crippen LogP contribution is 2.18. The minimum atomic E-state index is 0.255. The molecule has 1 saturated heterocycles. The van der Waals surface area contributed by atoms with E-state index < -0.39 is 0 Å². The molecule has 0 saturated carbocycles. The minimum absolute atomic E-state index is 0.255. The third-order valence-corrected chi connectivity index (χ3v) is 4.93. The number of benzene rings is 2. The Morgan fingerprint density at radius 1 is 0.962 bits per heavy atom. The van der Waals surface area contributed by atoms with Crippen molar-refractivity contribution in [1.29, 1.82) is 0 Å². The molecule has 1 fully saturated rings. The zero-order chi connectivity index (χ0) is 18.4. The van der Waals surface area contributed by atoms with Gasteiger partial charge >= 0.3 is 0 Å². The molecule has 0 radical (unpaired) electrons. The Bertz CT molecular complexity index is 736. The van der Waals surface area contributed by atoms with E-state index in [0.29, 0.717) is 6.42 Å². The van der Waals surface area contributed by atoms with E-state index in [1.54, 1.807) is 0 Å². The van der Waals surface area contributed by atoms with Crippen LogP contribution in [0.1, 0.15) is 23.1 Å². The van der Waals surface area contributed by atoms with Crippen molar-refractivity contribution in [3.63, 3.8) is 0 Å². The molecule has 1 amide bonds. The summed E-state index contributed by atoms with van der Waals surface area (Å²) < 4.78 is 0. The number of rotatable bonds is 6. The van der Waals surface area contributed by atoms with Crippen LogP contribution >= 0.6 is 0 Å². The lowest BCUT2D eigenvalue weighted by Crippen LogP contribution is -2.49. The Morgan fingerprint density at radius 2 is 1.65 bits per heavy atom. The van der Waals surface area contributed by atoms with Gasteiger partial charge in [-0.3, -0.25) is 4.79 Å². The van der Waals surface area contributed by atoms with Gasteiger partial charge < -0.3 is 15.1 Å². The Kier molecular flexibility index (Phi) is 6.29. The summed E-state index contributed by atoms with van der Waals surface area (Å²) in [5, 5.41) is 3.38. The molecule has 138 valence electrons. The lowest BCUT2D eigenvalue weighted by Gasteiger charge is -2.36. The van der Waals surface area contributed by atoms with Gasteiger partial charge in [0.15, 0.2) is 0 Å². The van der Waals surface area contributed by atoms with Gasteiger partial charge in [0.1, 0.15) is 0 Å². The first kappa shape index (κ1) is 18.5. The SMILES string of the molecule is Cc1cccc(CNCCC(=O)N2CCN(c3cccc(C)c3)CC2)c1. The molecule has 26 heavy (non-hydrogen) atoms. The third-order valence-electron chi connectivity index (χ3n) is 4.93. The molecule has 0 aliphatic carbocycles. The van der Waals surface area contributed by atoms with Crippen LogP contribution in [-0.2, 0) is 11.3 Å². The third kappa shape index (κ3) is 5.09. The minimum Gasteiger partial charge on any atom is -0.368 e. The summed E-state index contributed by atoms with van der Waals surface area (Å²) >= 11 is 0. The van der Waals surface area contributed by atoms with Crippen LogP contribution in [0.15, 0.2) is 48.5 Å². The zero-order valence-corrected chi connectivity index (χ0v) is 15.9. The van der Waals surface area contributed by atoms with Crippen LogP contribution in [0.2, 0.25) is 0 Å². The molecule has 1 aliphatic rings. The highest BCUT2D eigenvalue weighted by Gasteiger charge is 2.20. The highest BCUT2D eigenvalue weighted by molar-refractivity contribution is 5.76. The number of piperazine rings is 1. The van der Waals surface area contributed by atoms with Crippen LogP contribution in [-0.4, -0.2) is 43.5 Å². The van der Waals surface area contributed by atoms with Crippen LogP contribution in [0, 0.1) is 13.8 Å². The van der Waals surface area contributed by atoms with Crippen LogP contribution in [0.4, 0.5) is 5.69 Å². The molecule has 1 heterocycles. The maximum atomic E-state index is 12.4. The first-order valence-electron chi connectivity index (χ1n) is 9.47. The number of carbonyl (C=O) groups excluding carboxylic acids is 1. The summed E-state index contributed by atoms with van der Waals surface area (Å²) in [6, 6.07) is 17.1. The maximum absolute atomic E-state index is 12.4. The number of hydrogen-bond donors (Lipinski definition) is 1. The molecular weight excluding hydrogens is 322 g/mol. The molecule has 1 aliphatic heterocycles. The smallest absolute Gasteiger partial charge is 0.223 e. The largest absolute Gasteiger partial charge is 0.368 e. The van der Waals surface area contributed by atoms with E-state index in [2.05, 4.69) is 72.6 Å². The lowest BCUT2D eigenvalue weighted by molar-refractivity contribution is -0.131. The van der Waals surface area contributed by atoms with E-state index in [1.165, 1.54) is 22.4 Å². The molecule has 0 atom stereocenters. The second-order valence-electron chi connectivity index (χ2n) is 7.12. The number of anilines is 1. The number of aryl methyl sites for hydroxylation is 2. The van der Waals surface area contributed by atoms with Gasteiger partial charge in [-0.1, -0.05) is 42.0 Å². The molecule has 0 bridgehead atoms. The topological polar surface area (TPSA) is 35.6 Å². The molecule has 2 aromatic carbocycles. The van der Waals surface area contributed by atoms with E-state index in [9.17, 15) is 4.79 Å². The first-order chi connectivity index (χ1) is 12.6. The van der Waals surface area contributed by atoms with Gasteiger partial charge in [-0.25, -0.2) is 0 Å². The lowest BCUT2D eigenvalue weighted by atomic mass is 10.1. The summed E-state index contributed by atoms with van der Waals surface area (Å²) in [6.07, 6.45) is 0.566. The zero-order valence-electron chi connectivity index (χ0n) is 15.9. The van der Waals surface area contributed by atoms with Crippen molar-refractivity contribution in [1.82, 2.24) is 10.2 Å². The molecule has 0 aromatic heterocycles. The molecule has 2 aromatic rings. The first-order valence-corrected chi connectivity index (χ1v) is 9.47. The van der Waals surface area contributed by atoms with Gasteiger partial charge in [0, 0.05) is 51.4 Å². The summed E-state index contributed by atoms with van der Waals surface area (Å²) in [5.74, 6) is 0.255. The monoisotopic (exact) mass is 351 g/mol. The van der Waals surface area contributed by atoms with E-state index >= 15 is 0 Å². The van der Waals surface area contributed by atoms with E-state index in [1.807, 2.05) is 4.90 Å². The van der Waals surface area contributed by atoms with Crippen molar-refractivity contribution in [2.75, 3.05) is 37.6 Å². The summed E-state index contributed by atoms with van der Waals surface area (Å²) in [4.78, 5) is 16.8. The molecular formula is C22H29N3O. The quantitative estimate of drug-likeness (QED) is 0.812. The summed E-state index contributed by atoms with van der Waals surface area (Å²) in [5.41, 5.74) is 5.08. The molecule has 0 spiro atoms. The van der Waals surface area contributed by atoms with Crippen molar-refractivity contribution < 1.29 is 4.79 Å². The molecule has 1 N–H and O–H groups in total. The maximum Gasteiger partial charge on any atom is 0.223 e. The van der Waals surface area contributed by atoms with E-state index in [0.717, 1.165) is 39.3 Å². The van der Waals surface area contributed by atoms with Crippen LogP contribution < -0.4 is 10.2 Å². The predicted molar refractivity (Wildman–Crippen MR) is 107 cm³/mol. The average Bonchev–Trinajstić information content (AvgIpc) is 2.65. The van der Waals surface area contributed by atoms with Crippen molar-refractivity contribution in [2.45, 2.75) is 26.8 Å². The fourth-order valence-electron chi connectivity index (χ4n) is 3.45. The van der Waals surface area contributed by atoms with Crippen molar-refractivity contribution in [2.24, 2.45) is 0 Å². The van der Waals surface area contributed by atoms with Crippen molar-refractivity contribution in [3.05, 3.63) is 65.2 Å². The number of carbonyl (C=O) groups is 1. The fraction of sp³-hybridized carbons (Fsp3) is 0.409. The average molecular weight is 351 g/mol. The van der Waals surface area contributed by atoms with Crippen LogP contribution in [0.5, 0.6) is 0 Å². The molecule has 0 unspecified atom stereocenters. The van der Waals surface area contributed by atoms with E-state index in [4.69, 9.17) is 0 Å². The van der Waals surface area contributed by atoms with Gasteiger partial charge in [-0.2, -0.15) is 0 Å². The van der Waals surface area contributed by atoms with Gasteiger partial charge in [-0.15, -0.1) is 0 Å². The van der Waals surface area contributed by atoms with Crippen molar-refractivity contribution >= 4 is 11.6 Å². The molecule has 3 rings (SSSR count). The molecule has 4 heteroatoms.